The van der Waals surface area contributed by atoms with Gasteiger partial charge in [-0.15, -0.1) is 11.3 Å². The lowest BCUT2D eigenvalue weighted by atomic mass is 9.96. The second-order valence-corrected chi connectivity index (χ2v) is 7.55. The van der Waals surface area contributed by atoms with Crippen molar-refractivity contribution >= 4 is 46.3 Å². The molecule has 1 saturated heterocycles. The van der Waals surface area contributed by atoms with Crippen LogP contribution in [-0.2, 0) is 25.6 Å². The van der Waals surface area contributed by atoms with Crippen LogP contribution in [0.1, 0.15) is 25.0 Å². The summed E-state index contributed by atoms with van der Waals surface area (Å²) in [6, 6.07) is 0. The van der Waals surface area contributed by atoms with Gasteiger partial charge in [-0.2, -0.15) is 0 Å². The van der Waals surface area contributed by atoms with Crippen LogP contribution in [0.25, 0.3) is 0 Å². The number of hydrogen-bond donors (Lipinski definition) is 2. The number of hydrogen-bond acceptors (Lipinski definition) is 6. The molecule has 1 aromatic rings. The molecule has 9 nitrogen and oxygen atoms in total. The monoisotopic (exact) mass is 403 g/mol. The Morgan fingerprint density at radius 1 is 1.29 bits per heavy atom. The second kappa shape index (κ2) is 8.87. The molecule has 3 N–H and O–H groups in total. The van der Waals surface area contributed by atoms with Crippen LogP contribution in [0.3, 0.4) is 0 Å². The highest BCUT2D eigenvalue weighted by Gasteiger charge is 2.25. The van der Waals surface area contributed by atoms with Gasteiger partial charge in [-0.05, 0) is 19.3 Å². The Kier molecular flexibility index (Phi) is 6.30. The highest BCUT2D eigenvalue weighted by atomic mass is 32.1. The molecule has 1 aromatic heterocycles. The average molecular weight is 403 g/mol. The maximum atomic E-state index is 12.3. The van der Waals surface area contributed by atoms with Crippen molar-refractivity contribution in [2.45, 2.75) is 25.7 Å². The fourth-order valence-corrected chi connectivity index (χ4v) is 3.81. The van der Waals surface area contributed by atoms with Crippen molar-refractivity contribution in [3.63, 3.8) is 0 Å². The molecule has 0 radical (unpaired) electrons. The van der Waals surface area contributed by atoms with Crippen LogP contribution >= 0.6 is 11.3 Å². The van der Waals surface area contributed by atoms with E-state index in [-0.39, 0.29) is 29.5 Å². The maximum Gasteiger partial charge on any atom is 0.269 e. The molecule has 3 rings (SSSR count). The number of dihydropyridines is 1. The van der Waals surface area contributed by atoms with Crippen LogP contribution in [0.4, 0.5) is 5.13 Å². The zero-order chi connectivity index (χ0) is 20.1. The molecule has 1 unspecified atom stereocenters. The van der Waals surface area contributed by atoms with Crippen LogP contribution < -0.4 is 11.1 Å². The molecule has 3 heterocycles. The smallest absolute Gasteiger partial charge is 0.269 e. The zero-order valence-electron chi connectivity index (χ0n) is 15.2. The van der Waals surface area contributed by atoms with E-state index >= 15 is 0 Å². The largest absolute Gasteiger partial charge is 0.369 e. The van der Waals surface area contributed by atoms with Crippen molar-refractivity contribution in [3.05, 3.63) is 23.2 Å². The number of aryl methyl sites for hydroxylation is 1. The van der Waals surface area contributed by atoms with Crippen molar-refractivity contribution in [1.82, 2.24) is 9.88 Å². The summed E-state index contributed by atoms with van der Waals surface area (Å²) in [5, 5.41) is 4.93. The Bertz CT molecular complexity index is 823. The van der Waals surface area contributed by atoms with E-state index < -0.39 is 5.92 Å². The third-order valence-electron chi connectivity index (χ3n) is 4.74. The summed E-state index contributed by atoms with van der Waals surface area (Å²) in [4.78, 5) is 56.3. The molecule has 4 amide bonds. The molecule has 2 aliphatic heterocycles. The number of aromatic nitrogens is 1. The lowest BCUT2D eigenvalue weighted by molar-refractivity contribution is -0.134. The number of nitrogens with one attached hydrogen (secondary N) is 1. The lowest BCUT2D eigenvalue weighted by Gasteiger charge is -2.30. The van der Waals surface area contributed by atoms with Crippen molar-refractivity contribution in [2.24, 2.45) is 22.6 Å². The Morgan fingerprint density at radius 3 is 2.68 bits per heavy atom. The first-order valence-corrected chi connectivity index (χ1v) is 9.89. The number of piperidine rings is 1. The van der Waals surface area contributed by atoms with Gasteiger partial charge < -0.3 is 16.0 Å². The number of anilines is 1. The van der Waals surface area contributed by atoms with E-state index in [1.54, 1.807) is 10.3 Å². The van der Waals surface area contributed by atoms with Gasteiger partial charge in [0.05, 0.1) is 11.6 Å². The summed E-state index contributed by atoms with van der Waals surface area (Å²) in [6.45, 7) is 1.09. The zero-order valence-corrected chi connectivity index (χ0v) is 16.0. The third kappa shape index (κ3) is 5.10. The highest BCUT2D eigenvalue weighted by Crippen LogP contribution is 2.20. The summed E-state index contributed by atoms with van der Waals surface area (Å²) >= 11 is 1.28. The predicted molar refractivity (Wildman–Crippen MR) is 104 cm³/mol. The Hall–Kier alpha value is -2.88. The van der Waals surface area contributed by atoms with Gasteiger partial charge in [0, 0.05) is 43.1 Å². The molecule has 0 spiro atoms. The van der Waals surface area contributed by atoms with Gasteiger partial charge in [0.1, 0.15) is 0 Å². The quantitative estimate of drug-likeness (QED) is 0.714. The first-order chi connectivity index (χ1) is 13.4. The average Bonchev–Trinajstić information content (AvgIpc) is 3.14. The van der Waals surface area contributed by atoms with Crippen LogP contribution in [0.15, 0.2) is 22.5 Å². The molecule has 0 aliphatic carbocycles. The highest BCUT2D eigenvalue weighted by molar-refractivity contribution is 7.13. The number of nitrogens with zero attached hydrogens (tertiary/aromatic N) is 3. The minimum atomic E-state index is -0.602. The first-order valence-electron chi connectivity index (χ1n) is 9.01. The second-order valence-electron chi connectivity index (χ2n) is 6.69. The maximum absolute atomic E-state index is 12.3. The topological polar surface area (TPSA) is 135 Å². The number of rotatable bonds is 6. The fourth-order valence-electron chi connectivity index (χ4n) is 3.06. The van der Waals surface area contributed by atoms with E-state index in [0.29, 0.717) is 43.9 Å². The van der Waals surface area contributed by atoms with Gasteiger partial charge in [-0.25, -0.2) is 9.98 Å². The summed E-state index contributed by atoms with van der Waals surface area (Å²) in [7, 11) is 0. The molecule has 1 fully saturated rings. The number of carbonyl (C=O) groups excluding carboxylic acids is 4. The number of nitrogens with two attached hydrogens (primary N) is 1. The van der Waals surface area contributed by atoms with Gasteiger partial charge >= 0.3 is 0 Å². The molecule has 10 heteroatoms. The number of primary amides is 1. The van der Waals surface area contributed by atoms with E-state index in [9.17, 15) is 19.2 Å². The van der Waals surface area contributed by atoms with Crippen LogP contribution in [0.5, 0.6) is 0 Å². The van der Waals surface area contributed by atoms with Crippen molar-refractivity contribution in [1.29, 1.82) is 0 Å². The molecule has 28 heavy (non-hydrogen) atoms. The molecule has 0 aromatic carbocycles. The Balaban J connectivity index is 1.44. The SMILES string of the molecule is NC(=O)C1CCN(C(=O)CCc2csc(NC(=O)C3C=CC(=O)N=C3)n2)CC1. The van der Waals surface area contributed by atoms with E-state index in [2.05, 4.69) is 15.3 Å². The van der Waals surface area contributed by atoms with Gasteiger partial charge in [0.2, 0.25) is 17.7 Å². The van der Waals surface area contributed by atoms with Crippen LogP contribution in [0, 0.1) is 11.8 Å². The van der Waals surface area contributed by atoms with E-state index in [0.717, 1.165) is 5.69 Å². The van der Waals surface area contributed by atoms with Gasteiger partial charge in [0.15, 0.2) is 5.13 Å². The summed E-state index contributed by atoms with van der Waals surface area (Å²) in [5.74, 6) is -1.72. The molecule has 0 saturated carbocycles. The van der Waals surface area contributed by atoms with Gasteiger partial charge in [-0.1, -0.05) is 6.08 Å². The normalized spacial score (nSPS) is 19.6. The summed E-state index contributed by atoms with van der Waals surface area (Å²) in [6.07, 6.45) is 6.05. The standard InChI is InChI=1S/C18H21N5O4S/c19-16(26)11-5-7-23(8-6-11)15(25)4-2-13-10-28-18(21-13)22-17(27)12-1-3-14(24)20-9-12/h1,3,9-12H,2,4-8H2,(H2,19,26)(H,21,22,27). The fraction of sp³-hybridized carbons (Fsp3) is 0.444. The van der Waals surface area contributed by atoms with E-state index in [1.807, 2.05) is 0 Å². The van der Waals surface area contributed by atoms with Crippen molar-refractivity contribution in [2.75, 3.05) is 18.4 Å². The molecule has 1 atom stereocenters. The molecule has 2 aliphatic rings. The molecular weight excluding hydrogens is 382 g/mol. The van der Waals surface area contributed by atoms with E-state index in [1.165, 1.54) is 29.7 Å². The first kappa shape index (κ1) is 19.9. The predicted octanol–water partition coefficient (Wildman–Crippen LogP) is 0.521. The van der Waals surface area contributed by atoms with Crippen LogP contribution in [-0.4, -0.2) is 52.8 Å². The third-order valence-corrected chi connectivity index (χ3v) is 5.54. The summed E-state index contributed by atoms with van der Waals surface area (Å²) in [5.41, 5.74) is 6.03. The molecule has 0 bridgehead atoms. The van der Waals surface area contributed by atoms with Crippen molar-refractivity contribution < 1.29 is 19.2 Å². The molecular formula is C18H21N5O4S. The number of likely N-dealkylation sites (tertiary alicyclic amines) is 1. The van der Waals surface area contributed by atoms with E-state index in [4.69, 9.17) is 5.73 Å². The van der Waals surface area contributed by atoms with Crippen molar-refractivity contribution in [3.8, 4) is 0 Å². The Morgan fingerprint density at radius 2 is 2.04 bits per heavy atom. The van der Waals surface area contributed by atoms with Gasteiger partial charge in [-0.3, -0.25) is 19.2 Å². The number of carbonyl (C=O) groups is 4. The van der Waals surface area contributed by atoms with Gasteiger partial charge in [0.25, 0.3) is 5.91 Å². The Labute approximate surface area is 165 Å². The lowest BCUT2D eigenvalue weighted by Crippen LogP contribution is -2.41. The minimum Gasteiger partial charge on any atom is -0.369 e. The number of thiazole rings is 1. The number of amides is 4. The molecule has 148 valence electrons. The summed E-state index contributed by atoms with van der Waals surface area (Å²) < 4.78 is 0. The van der Waals surface area contributed by atoms with Crippen LogP contribution in [0.2, 0.25) is 0 Å². The number of aliphatic imine (C=N–C) groups is 1. The minimum absolute atomic E-state index is 0.0229.